The van der Waals surface area contributed by atoms with E-state index in [-0.39, 0.29) is 11.8 Å². The molecule has 1 saturated heterocycles. The number of unbranched alkanes of at least 4 members (excludes halogenated alkanes) is 1. The Labute approximate surface area is 204 Å². The highest BCUT2D eigenvalue weighted by Crippen LogP contribution is 2.36. The number of para-hydroxylation sites is 4. The van der Waals surface area contributed by atoms with Gasteiger partial charge in [-0.1, -0.05) is 54.1 Å². The van der Waals surface area contributed by atoms with Gasteiger partial charge in [-0.25, -0.2) is 4.98 Å². The van der Waals surface area contributed by atoms with Gasteiger partial charge in [0.25, 0.3) is 0 Å². The van der Waals surface area contributed by atoms with E-state index in [2.05, 4.69) is 23.6 Å². The maximum absolute atomic E-state index is 12.9. The Morgan fingerprint density at radius 3 is 2.62 bits per heavy atom. The second-order valence-corrected chi connectivity index (χ2v) is 9.20. The molecule has 0 N–H and O–H groups in total. The number of nitrogens with zero attached hydrogens (tertiary/aromatic N) is 3. The number of carbonyl (C=O) groups excluding carboxylic acids is 1. The summed E-state index contributed by atoms with van der Waals surface area (Å²) in [6, 6.07) is 23.8. The Morgan fingerprint density at radius 2 is 1.76 bits per heavy atom. The minimum atomic E-state index is 0.0272. The highest BCUT2D eigenvalue weighted by Gasteiger charge is 2.35. The normalized spacial score (nSPS) is 15.9. The Morgan fingerprint density at radius 1 is 1.00 bits per heavy atom. The zero-order valence-corrected chi connectivity index (χ0v) is 20.0. The number of aryl methyl sites for hydroxylation is 2. The molecule has 0 bridgehead atoms. The van der Waals surface area contributed by atoms with Crippen molar-refractivity contribution in [3.8, 4) is 5.75 Å². The molecule has 0 spiro atoms. The van der Waals surface area contributed by atoms with Gasteiger partial charge in [0.05, 0.1) is 28.4 Å². The van der Waals surface area contributed by atoms with E-state index in [4.69, 9.17) is 21.3 Å². The van der Waals surface area contributed by atoms with Crippen LogP contribution < -0.4 is 9.64 Å². The number of halogens is 1. The summed E-state index contributed by atoms with van der Waals surface area (Å²) in [6.07, 6.45) is 2.34. The van der Waals surface area contributed by atoms with Crippen LogP contribution in [-0.2, 0) is 11.3 Å². The van der Waals surface area contributed by atoms with Crippen LogP contribution in [0.1, 0.15) is 36.6 Å². The molecule has 6 heteroatoms. The molecule has 1 aliphatic heterocycles. The average molecular weight is 474 g/mol. The van der Waals surface area contributed by atoms with Gasteiger partial charge in [0.15, 0.2) is 0 Å². The van der Waals surface area contributed by atoms with Crippen LogP contribution >= 0.6 is 11.6 Å². The molecule has 1 fully saturated rings. The number of hydrogen-bond acceptors (Lipinski definition) is 3. The fourth-order valence-electron chi connectivity index (χ4n) is 4.70. The lowest BCUT2D eigenvalue weighted by Crippen LogP contribution is -2.24. The van der Waals surface area contributed by atoms with Gasteiger partial charge in [-0.3, -0.25) is 4.79 Å². The molecular weight excluding hydrogens is 446 g/mol. The third kappa shape index (κ3) is 4.53. The Hall–Kier alpha value is -3.31. The van der Waals surface area contributed by atoms with Crippen LogP contribution in [0.25, 0.3) is 11.0 Å². The van der Waals surface area contributed by atoms with E-state index in [1.807, 2.05) is 60.7 Å². The summed E-state index contributed by atoms with van der Waals surface area (Å²) >= 11 is 6.38. The van der Waals surface area contributed by atoms with Gasteiger partial charge >= 0.3 is 0 Å². The molecule has 0 aliphatic carbocycles. The van der Waals surface area contributed by atoms with E-state index in [1.54, 1.807) is 4.90 Å². The molecule has 1 amide bonds. The molecule has 34 heavy (non-hydrogen) atoms. The molecule has 1 aliphatic rings. The van der Waals surface area contributed by atoms with Crippen molar-refractivity contribution in [1.82, 2.24) is 9.55 Å². The van der Waals surface area contributed by atoms with E-state index >= 15 is 0 Å². The highest BCUT2D eigenvalue weighted by atomic mass is 35.5. The van der Waals surface area contributed by atoms with Crippen molar-refractivity contribution < 1.29 is 9.53 Å². The van der Waals surface area contributed by atoms with E-state index in [0.717, 1.165) is 53.2 Å². The number of ether oxygens (including phenoxy) is 1. The first-order valence-electron chi connectivity index (χ1n) is 11.8. The first-order valence-corrected chi connectivity index (χ1v) is 12.2. The Balaban J connectivity index is 1.31. The molecule has 0 radical (unpaired) electrons. The molecule has 2 heterocycles. The topological polar surface area (TPSA) is 47.4 Å². The minimum absolute atomic E-state index is 0.0272. The van der Waals surface area contributed by atoms with Gasteiger partial charge in [-0.2, -0.15) is 0 Å². The number of fused-ring (bicyclic) bond motifs is 1. The zero-order chi connectivity index (χ0) is 23.5. The highest BCUT2D eigenvalue weighted by molar-refractivity contribution is 6.33. The summed E-state index contributed by atoms with van der Waals surface area (Å²) in [5.41, 5.74) is 4.00. The number of amides is 1. The third-order valence-electron chi connectivity index (χ3n) is 6.44. The molecule has 3 aromatic carbocycles. The summed E-state index contributed by atoms with van der Waals surface area (Å²) < 4.78 is 8.26. The number of carbonyl (C=O) groups is 1. The molecule has 1 atom stereocenters. The average Bonchev–Trinajstić information content (AvgIpc) is 3.41. The fourth-order valence-corrected chi connectivity index (χ4v) is 4.94. The van der Waals surface area contributed by atoms with Gasteiger partial charge in [-0.05, 0) is 55.7 Å². The van der Waals surface area contributed by atoms with Crippen molar-refractivity contribution in [3.05, 3.63) is 89.2 Å². The molecule has 5 rings (SSSR count). The zero-order valence-electron chi connectivity index (χ0n) is 19.3. The first-order chi connectivity index (χ1) is 16.6. The number of rotatable bonds is 8. The van der Waals surface area contributed by atoms with Gasteiger partial charge in [0.1, 0.15) is 11.6 Å². The maximum atomic E-state index is 12.9. The third-order valence-corrected chi connectivity index (χ3v) is 6.76. The summed E-state index contributed by atoms with van der Waals surface area (Å²) in [6.45, 7) is 4.16. The van der Waals surface area contributed by atoms with Gasteiger partial charge in [0.2, 0.25) is 5.91 Å². The van der Waals surface area contributed by atoms with Crippen molar-refractivity contribution in [1.29, 1.82) is 0 Å². The van der Waals surface area contributed by atoms with Crippen molar-refractivity contribution in [2.45, 2.75) is 38.6 Å². The maximum Gasteiger partial charge on any atom is 0.227 e. The monoisotopic (exact) mass is 473 g/mol. The molecule has 0 unspecified atom stereocenters. The van der Waals surface area contributed by atoms with E-state index < -0.39 is 0 Å². The number of hydrogen-bond donors (Lipinski definition) is 0. The lowest BCUT2D eigenvalue weighted by atomic mass is 10.1. The molecule has 0 saturated carbocycles. The standard InChI is InChI=1S/C28H28ClN3O2/c1-20-10-2-7-15-26(20)34-17-9-8-16-31-25-14-6-4-12-23(25)30-28(31)21-18-27(33)32(19-21)24-13-5-3-11-22(24)29/h2-7,10-15,21H,8-9,16-19H2,1H3/t21-/m0/s1. The fraction of sp³-hybridized carbons (Fsp3) is 0.286. The van der Waals surface area contributed by atoms with Crippen molar-refractivity contribution in [3.63, 3.8) is 0 Å². The lowest BCUT2D eigenvalue weighted by Gasteiger charge is -2.18. The predicted molar refractivity (Wildman–Crippen MR) is 137 cm³/mol. The van der Waals surface area contributed by atoms with Crippen molar-refractivity contribution >= 4 is 34.2 Å². The second kappa shape index (κ2) is 9.90. The predicted octanol–water partition coefficient (Wildman–Crippen LogP) is 6.38. The molecule has 174 valence electrons. The van der Waals surface area contributed by atoms with Gasteiger partial charge in [0, 0.05) is 25.4 Å². The number of imidazole rings is 1. The summed E-state index contributed by atoms with van der Waals surface area (Å²) in [5.74, 6) is 2.03. The van der Waals surface area contributed by atoms with Crippen molar-refractivity contribution in [2.75, 3.05) is 18.1 Å². The second-order valence-electron chi connectivity index (χ2n) is 8.79. The van der Waals surface area contributed by atoms with Crippen LogP contribution in [0.3, 0.4) is 0 Å². The molecule has 5 nitrogen and oxygen atoms in total. The van der Waals surface area contributed by atoms with Crippen molar-refractivity contribution in [2.24, 2.45) is 0 Å². The molecule has 1 aromatic heterocycles. The van der Waals surface area contributed by atoms with Crippen LogP contribution in [0, 0.1) is 6.92 Å². The largest absolute Gasteiger partial charge is 0.493 e. The molecular formula is C28H28ClN3O2. The lowest BCUT2D eigenvalue weighted by molar-refractivity contribution is -0.117. The number of benzene rings is 3. The van der Waals surface area contributed by atoms with Crippen LogP contribution in [0.15, 0.2) is 72.8 Å². The number of anilines is 1. The van der Waals surface area contributed by atoms with Crippen LogP contribution in [-0.4, -0.2) is 28.6 Å². The summed E-state index contributed by atoms with van der Waals surface area (Å²) in [7, 11) is 0. The minimum Gasteiger partial charge on any atom is -0.493 e. The van der Waals surface area contributed by atoms with Crippen LogP contribution in [0.5, 0.6) is 5.75 Å². The van der Waals surface area contributed by atoms with E-state index in [0.29, 0.717) is 24.6 Å². The first kappa shape index (κ1) is 22.5. The SMILES string of the molecule is Cc1ccccc1OCCCCn1c([C@H]2CC(=O)N(c3ccccc3Cl)C2)nc2ccccc21. The van der Waals surface area contributed by atoms with Gasteiger partial charge < -0.3 is 14.2 Å². The number of aromatic nitrogens is 2. The van der Waals surface area contributed by atoms with Crippen LogP contribution in [0.2, 0.25) is 5.02 Å². The smallest absolute Gasteiger partial charge is 0.227 e. The van der Waals surface area contributed by atoms with E-state index in [1.165, 1.54) is 0 Å². The quantitative estimate of drug-likeness (QED) is 0.279. The molecule has 4 aromatic rings. The van der Waals surface area contributed by atoms with E-state index in [9.17, 15) is 4.79 Å². The Kier molecular flexibility index (Phi) is 6.54. The Bertz CT molecular complexity index is 1320. The van der Waals surface area contributed by atoms with Crippen LogP contribution in [0.4, 0.5) is 5.69 Å². The summed E-state index contributed by atoms with van der Waals surface area (Å²) in [4.78, 5) is 19.7. The van der Waals surface area contributed by atoms with Gasteiger partial charge in [-0.15, -0.1) is 0 Å². The summed E-state index contributed by atoms with van der Waals surface area (Å²) in [5, 5.41) is 0.596.